The lowest BCUT2D eigenvalue weighted by atomic mass is 9.97. The van der Waals surface area contributed by atoms with Gasteiger partial charge in [-0.2, -0.15) is 13.2 Å². The number of pyridine rings is 1. The summed E-state index contributed by atoms with van der Waals surface area (Å²) in [5.74, 6) is -1.49. The Morgan fingerprint density at radius 1 is 1.40 bits per heavy atom. The highest BCUT2D eigenvalue weighted by Crippen LogP contribution is 2.36. The Morgan fingerprint density at radius 3 is 2.97 bits per heavy atom. The van der Waals surface area contributed by atoms with Crippen LogP contribution in [0.25, 0.3) is 22.4 Å². The van der Waals surface area contributed by atoms with Gasteiger partial charge in [-0.15, -0.1) is 0 Å². The largest absolute Gasteiger partial charge is 0.405 e. The summed E-state index contributed by atoms with van der Waals surface area (Å²) in [6.07, 6.45) is 0.506. The monoisotopic (exact) mass is 426 g/mol. The predicted molar refractivity (Wildman–Crippen MR) is 105 cm³/mol. The van der Waals surface area contributed by atoms with Crippen molar-refractivity contribution >= 4 is 22.8 Å². The van der Waals surface area contributed by atoms with Crippen LogP contribution >= 0.6 is 0 Å². The van der Waals surface area contributed by atoms with Crippen molar-refractivity contribution in [1.29, 1.82) is 0 Å². The first kappa shape index (κ1) is 20.0. The zero-order valence-electron chi connectivity index (χ0n) is 15.9. The number of rotatable bonds is 4. The van der Waals surface area contributed by atoms with Crippen LogP contribution in [-0.4, -0.2) is 50.6 Å². The third kappa shape index (κ3) is 3.55. The lowest BCUT2D eigenvalue weighted by molar-refractivity contribution is -0.141. The molecule has 0 aliphatic carbocycles. The zero-order valence-corrected chi connectivity index (χ0v) is 15.9. The lowest BCUT2D eigenvalue weighted by Crippen LogP contribution is -2.55. The molecule has 0 spiro atoms. The fourth-order valence-electron chi connectivity index (χ4n) is 3.73. The van der Waals surface area contributed by atoms with Gasteiger partial charge in [0.25, 0.3) is 0 Å². The number of nitrogens with zero attached hydrogens (tertiary/aromatic N) is 4. The highest BCUT2D eigenvalue weighted by atomic mass is 19.4. The number of alkyl halides is 3. The number of aromatic amines is 1. The molecule has 11 heteroatoms. The van der Waals surface area contributed by atoms with Crippen LogP contribution in [0.5, 0.6) is 0 Å². The van der Waals surface area contributed by atoms with Gasteiger partial charge in [0.2, 0.25) is 5.91 Å². The molecule has 1 fully saturated rings. The molecule has 0 aromatic carbocycles. The maximum atomic E-state index is 14.7. The van der Waals surface area contributed by atoms with Crippen molar-refractivity contribution in [3.05, 3.63) is 36.5 Å². The number of carbonyl (C=O) groups excluding carboxylic acids is 1. The minimum Gasteiger partial charge on any atom is -0.345 e. The maximum absolute atomic E-state index is 14.7. The summed E-state index contributed by atoms with van der Waals surface area (Å²) < 4.78 is 52.3. The van der Waals surface area contributed by atoms with Gasteiger partial charge in [0.1, 0.15) is 17.7 Å². The number of halogens is 4. The first-order valence-corrected chi connectivity index (χ1v) is 9.27. The standard InChI is InChI=1S/C19H18F4N6O.2H2/c1-18(17(30)27-10-19(21,22)23)5-3-7-29(18)16-13(20)9-26-15(28-16)12-8-25-14-11(12)4-2-6-24-14;;/h2,4,6,8-9H,3,5,7,10H2,1H3,(H,24,25)(H,27,30);2*1H/t18-;;/m1../s1. The van der Waals surface area contributed by atoms with E-state index in [9.17, 15) is 22.4 Å². The molecule has 1 aliphatic heterocycles. The van der Waals surface area contributed by atoms with Crippen LogP contribution in [0.15, 0.2) is 30.7 Å². The average molecular weight is 426 g/mol. The molecule has 162 valence electrons. The number of nitrogens with one attached hydrogen (secondary N) is 2. The van der Waals surface area contributed by atoms with E-state index in [-0.39, 0.29) is 27.5 Å². The second kappa shape index (κ2) is 7.22. The quantitative estimate of drug-likeness (QED) is 0.622. The Bertz CT molecular complexity index is 1110. The van der Waals surface area contributed by atoms with E-state index in [1.165, 1.54) is 11.8 Å². The molecule has 4 heterocycles. The predicted octanol–water partition coefficient (Wildman–Crippen LogP) is 3.69. The molecule has 30 heavy (non-hydrogen) atoms. The Balaban J connectivity index is 0.00000181. The second-order valence-corrected chi connectivity index (χ2v) is 7.29. The van der Waals surface area contributed by atoms with Crippen molar-refractivity contribution in [1.82, 2.24) is 25.3 Å². The van der Waals surface area contributed by atoms with Gasteiger partial charge in [-0.25, -0.2) is 19.3 Å². The normalized spacial score (nSPS) is 19.4. The van der Waals surface area contributed by atoms with E-state index in [1.54, 1.807) is 18.5 Å². The molecule has 0 radical (unpaired) electrons. The van der Waals surface area contributed by atoms with E-state index in [2.05, 4.69) is 19.9 Å². The summed E-state index contributed by atoms with van der Waals surface area (Å²) in [6, 6.07) is 3.55. The van der Waals surface area contributed by atoms with Crippen LogP contribution < -0.4 is 10.2 Å². The van der Waals surface area contributed by atoms with E-state index >= 15 is 0 Å². The third-order valence-electron chi connectivity index (χ3n) is 5.25. The van der Waals surface area contributed by atoms with Gasteiger partial charge in [0.05, 0.1) is 6.20 Å². The number of hydrogen-bond acceptors (Lipinski definition) is 5. The van der Waals surface area contributed by atoms with Crippen molar-refractivity contribution < 1.29 is 25.2 Å². The molecule has 1 saturated heterocycles. The fourth-order valence-corrected chi connectivity index (χ4v) is 3.73. The van der Waals surface area contributed by atoms with Gasteiger partial charge in [-0.1, -0.05) is 0 Å². The molecular formula is C19H22F4N6O. The first-order valence-electron chi connectivity index (χ1n) is 9.27. The molecule has 4 rings (SSSR count). The molecular weight excluding hydrogens is 404 g/mol. The van der Waals surface area contributed by atoms with Crippen LogP contribution in [-0.2, 0) is 4.79 Å². The maximum Gasteiger partial charge on any atom is 0.405 e. The summed E-state index contributed by atoms with van der Waals surface area (Å²) in [4.78, 5) is 29.5. The highest BCUT2D eigenvalue weighted by molar-refractivity contribution is 5.92. The summed E-state index contributed by atoms with van der Waals surface area (Å²) in [7, 11) is 0. The zero-order chi connectivity index (χ0) is 21.5. The van der Waals surface area contributed by atoms with Crippen molar-refractivity contribution in [3.8, 4) is 11.4 Å². The number of amides is 1. The van der Waals surface area contributed by atoms with Crippen LogP contribution in [0, 0.1) is 5.82 Å². The highest BCUT2D eigenvalue weighted by Gasteiger charge is 2.46. The number of aromatic nitrogens is 4. The van der Waals surface area contributed by atoms with E-state index in [0.29, 0.717) is 17.6 Å². The van der Waals surface area contributed by atoms with Gasteiger partial charge in [0, 0.05) is 32.7 Å². The number of anilines is 1. The van der Waals surface area contributed by atoms with Crippen molar-refractivity contribution in [3.63, 3.8) is 0 Å². The minimum absolute atomic E-state index is 0. The van der Waals surface area contributed by atoms with Gasteiger partial charge in [-0.05, 0) is 31.9 Å². The van der Waals surface area contributed by atoms with Crippen molar-refractivity contribution in [2.24, 2.45) is 0 Å². The molecule has 0 unspecified atom stereocenters. The molecule has 1 amide bonds. The van der Waals surface area contributed by atoms with E-state index < -0.39 is 30.0 Å². The fraction of sp³-hybridized carbons (Fsp3) is 0.368. The Labute approximate surface area is 171 Å². The van der Waals surface area contributed by atoms with E-state index in [0.717, 1.165) is 11.6 Å². The van der Waals surface area contributed by atoms with Gasteiger partial charge in [-0.3, -0.25) is 4.79 Å². The number of H-pyrrole nitrogens is 1. The number of fused-ring (bicyclic) bond motifs is 1. The smallest absolute Gasteiger partial charge is 0.345 e. The SMILES string of the molecule is C[C@]1(C(=O)NCC(F)(F)F)CCCN1c1nc(-c2c[nH]c3ncccc23)ncc1F.[HH].[HH]. The molecule has 1 aliphatic rings. The summed E-state index contributed by atoms with van der Waals surface area (Å²) >= 11 is 0. The Kier molecular flexibility index (Phi) is 4.83. The van der Waals surface area contributed by atoms with Crippen molar-refractivity contribution in [2.45, 2.75) is 31.5 Å². The Hall–Kier alpha value is -3.24. The first-order chi connectivity index (χ1) is 14.2. The number of hydrogen-bond donors (Lipinski definition) is 2. The van der Waals surface area contributed by atoms with E-state index in [1.807, 2.05) is 11.4 Å². The van der Waals surface area contributed by atoms with Crippen LogP contribution in [0.2, 0.25) is 0 Å². The molecule has 3 aromatic rings. The second-order valence-electron chi connectivity index (χ2n) is 7.29. The summed E-state index contributed by atoms with van der Waals surface area (Å²) in [6.45, 7) is 0.316. The van der Waals surface area contributed by atoms with Crippen LogP contribution in [0.1, 0.15) is 22.6 Å². The van der Waals surface area contributed by atoms with Gasteiger partial charge >= 0.3 is 6.18 Å². The van der Waals surface area contributed by atoms with Crippen LogP contribution in [0.3, 0.4) is 0 Å². The molecule has 1 atom stereocenters. The van der Waals surface area contributed by atoms with Crippen molar-refractivity contribution in [2.75, 3.05) is 18.0 Å². The minimum atomic E-state index is -4.54. The molecule has 7 nitrogen and oxygen atoms in total. The van der Waals surface area contributed by atoms with Gasteiger partial charge in [0.15, 0.2) is 17.5 Å². The molecule has 0 saturated carbocycles. The average Bonchev–Trinajstić information content (AvgIpc) is 3.30. The summed E-state index contributed by atoms with van der Waals surface area (Å²) in [5, 5.41) is 2.64. The molecule has 3 aromatic heterocycles. The third-order valence-corrected chi connectivity index (χ3v) is 5.25. The molecule has 2 N–H and O–H groups in total. The lowest BCUT2D eigenvalue weighted by Gasteiger charge is -2.35. The van der Waals surface area contributed by atoms with Gasteiger partial charge < -0.3 is 15.2 Å². The molecule has 0 bridgehead atoms. The van der Waals surface area contributed by atoms with Crippen LogP contribution in [0.4, 0.5) is 23.4 Å². The topological polar surface area (TPSA) is 86.8 Å². The Morgan fingerprint density at radius 2 is 2.20 bits per heavy atom. The number of carbonyl (C=O) groups is 1. The summed E-state index contributed by atoms with van der Waals surface area (Å²) in [5.41, 5.74) is -0.152. The van der Waals surface area contributed by atoms with E-state index in [4.69, 9.17) is 0 Å².